The summed E-state index contributed by atoms with van der Waals surface area (Å²) in [7, 11) is 0. The van der Waals surface area contributed by atoms with Crippen LogP contribution in [0.1, 0.15) is 5.56 Å². The van der Waals surface area contributed by atoms with Gasteiger partial charge in [0, 0.05) is 5.39 Å². The predicted octanol–water partition coefficient (Wildman–Crippen LogP) is 1.81. The SMILES string of the molecule is Cc1ccc2[c]n[nH]c2c1F. The van der Waals surface area contributed by atoms with Gasteiger partial charge in [-0.3, -0.25) is 5.10 Å². The van der Waals surface area contributed by atoms with Crippen LogP contribution in [0.3, 0.4) is 0 Å². The van der Waals surface area contributed by atoms with E-state index in [4.69, 9.17) is 0 Å². The van der Waals surface area contributed by atoms with E-state index in [1.54, 1.807) is 19.1 Å². The molecule has 1 radical (unpaired) electrons. The molecule has 2 rings (SSSR count). The van der Waals surface area contributed by atoms with Gasteiger partial charge in [0.2, 0.25) is 0 Å². The normalized spacial score (nSPS) is 10.7. The molecule has 1 heterocycles. The molecule has 0 amide bonds. The fourth-order valence-corrected chi connectivity index (χ4v) is 1.03. The molecule has 0 saturated heterocycles. The summed E-state index contributed by atoms with van der Waals surface area (Å²) in [6.45, 7) is 1.72. The van der Waals surface area contributed by atoms with Gasteiger partial charge < -0.3 is 0 Å². The van der Waals surface area contributed by atoms with Gasteiger partial charge in [0.1, 0.15) is 11.7 Å². The van der Waals surface area contributed by atoms with Gasteiger partial charge in [0.05, 0.1) is 0 Å². The molecule has 0 unspecified atom stereocenters. The molecular formula is C8H6FN2. The highest BCUT2D eigenvalue weighted by Gasteiger charge is 2.04. The first-order chi connectivity index (χ1) is 5.29. The highest BCUT2D eigenvalue weighted by Crippen LogP contribution is 2.16. The molecule has 55 valence electrons. The van der Waals surface area contributed by atoms with Crippen LogP contribution >= 0.6 is 0 Å². The lowest BCUT2D eigenvalue weighted by Gasteiger charge is -1.94. The van der Waals surface area contributed by atoms with Crippen molar-refractivity contribution in [1.29, 1.82) is 0 Å². The van der Waals surface area contributed by atoms with Crippen molar-refractivity contribution in [3.63, 3.8) is 0 Å². The Balaban J connectivity index is 2.93. The molecule has 1 aromatic heterocycles. The Bertz CT molecular complexity index is 392. The van der Waals surface area contributed by atoms with Gasteiger partial charge in [-0.1, -0.05) is 12.1 Å². The minimum Gasteiger partial charge on any atom is -0.274 e. The number of hydrogen-bond acceptors (Lipinski definition) is 1. The molecule has 11 heavy (non-hydrogen) atoms. The fourth-order valence-electron chi connectivity index (χ4n) is 1.03. The first-order valence-corrected chi connectivity index (χ1v) is 3.30. The molecule has 0 spiro atoms. The van der Waals surface area contributed by atoms with Gasteiger partial charge >= 0.3 is 0 Å². The number of H-pyrrole nitrogens is 1. The van der Waals surface area contributed by atoms with Crippen LogP contribution in [0.4, 0.5) is 4.39 Å². The van der Waals surface area contributed by atoms with E-state index in [9.17, 15) is 4.39 Å². The third-order valence-electron chi connectivity index (χ3n) is 1.68. The molecule has 0 bridgehead atoms. The topological polar surface area (TPSA) is 28.7 Å². The molecule has 2 nitrogen and oxygen atoms in total. The van der Waals surface area contributed by atoms with Crippen molar-refractivity contribution in [2.45, 2.75) is 6.92 Å². The molecule has 0 aliphatic carbocycles. The summed E-state index contributed by atoms with van der Waals surface area (Å²) in [5, 5.41) is 6.85. The maximum atomic E-state index is 13.1. The summed E-state index contributed by atoms with van der Waals surface area (Å²) < 4.78 is 13.1. The molecule has 1 aromatic carbocycles. The lowest BCUT2D eigenvalue weighted by Crippen LogP contribution is -1.82. The van der Waals surface area contributed by atoms with E-state index in [0.29, 0.717) is 16.5 Å². The molecule has 1 N–H and O–H groups in total. The number of nitrogens with one attached hydrogen (secondary N) is 1. The third kappa shape index (κ3) is 0.808. The van der Waals surface area contributed by atoms with Crippen molar-refractivity contribution in [3.8, 4) is 0 Å². The fraction of sp³-hybridized carbons (Fsp3) is 0.125. The van der Waals surface area contributed by atoms with Crippen molar-refractivity contribution < 1.29 is 4.39 Å². The number of nitrogens with zero attached hydrogens (tertiary/aromatic N) is 1. The van der Waals surface area contributed by atoms with E-state index >= 15 is 0 Å². The first-order valence-electron chi connectivity index (χ1n) is 3.30. The van der Waals surface area contributed by atoms with Crippen LogP contribution in [0.5, 0.6) is 0 Å². The zero-order chi connectivity index (χ0) is 7.84. The quantitative estimate of drug-likeness (QED) is 0.608. The van der Waals surface area contributed by atoms with Crippen LogP contribution < -0.4 is 0 Å². The number of hydrogen-bond donors (Lipinski definition) is 1. The van der Waals surface area contributed by atoms with Crippen molar-refractivity contribution in [2.24, 2.45) is 0 Å². The summed E-state index contributed by atoms with van der Waals surface area (Å²) in [5.41, 5.74) is 1.06. The Morgan fingerprint density at radius 1 is 1.55 bits per heavy atom. The molecule has 2 aromatic rings. The van der Waals surface area contributed by atoms with Gasteiger partial charge in [-0.05, 0) is 12.5 Å². The Morgan fingerprint density at radius 2 is 2.36 bits per heavy atom. The molecule has 0 saturated carbocycles. The summed E-state index contributed by atoms with van der Waals surface area (Å²) in [6.07, 6.45) is 2.64. The largest absolute Gasteiger partial charge is 0.274 e. The second-order valence-corrected chi connectivity index (χ2v) is 2.45. The first kappa shape index (κ1) is 6.34. The zero-order valence-corrected chi connectivity index (χ0v) is 5.98. The van der Waals surface area contributed by atoms with Gasteiger partial charge in [-0.15, -0.1) is 0 Å². The number of aryl methyl sites for hydroxylation is 1. The van der Waals surface area contributed by atoms with Crippen molar-refractivity contribution >= 4 is 10.9 Å². The third-order valence-corrected chi connectivity index (χ3v) is 1.68. The highest BCUT2D eigenvalue weighted by atomic mass is 19.1. The minimum atomic E-state index is -0.240. The summed E-state index contributed by atoms with van der Waals surface area (Å²) in [4.78, 5) is 0. The number of aromatic nitrogens is 2. The summed E-state index contributed by atoms with van der Waals surface area (Å²) >= 11 is 0. The number of fused-ring (bicyclic) bond motifs is 1. The van der Waals surface area contributed by atoms with E-state index in [0.717, 1.165) is 0 Å². The smallest absolute Gasteiger partial charge is 0.151 e. The molecule has 3 heteroatoms. The second kappa shape index (κ2) is 2.05. The molecule has 0 aliphatic heterocycles. The maximum Gasteiger partial charge on any atom is 0.151 e. The van der Waals surface area contributed by atoms with E-state index in [1.165, 1.54) is 0 Å². The molecule has 0 fully saturated rings. The molecule has 0 atom stereocenters. The molecular weight excluding hydrogens is 143 g/mol. The second-order valence-electron chi connectivity index (χ2n) is 2.45. The lowest BCUT2D eigenvalue weighted by molar-refractivity contribution is 0.627. The Kier molecular flexibility index (Phi) is 1.18. The number of rotatable bonds is 0. The Morgan fingerprint density at radius 3 is 3.18 bits per heavy atom. The number of aromatic amines is 1. The van der Waals surface area contributed by atoms with Crippen LogP contribution in [0.25, 0.3) is 10.9 Å². The van der Waals surface area contributed by atoms with Crippen LogP contribution in [0, 0.1) is 18.9 Å². The van der Waals surface area contributed by atoms with E-state index in [1.807, 2.05) is 0 Å². The number of halogens is 1. The van der Waals surface area contributed by atoms with Crippen LogP contribution in [-0.4, -0.2) is 10.2 Å². The van der Waals surface area contributed by atoms with E-state index < -0.39 is 0 Å². The maximum absolute atomic E-state index is 13.1. The van der Waals surface area contributed by atoms with Gasteiger partial charge in [-0.25, -0.2) is 4.39 Å². The minimum absolute atomic E-state index is 0.240. The average Bonchev–Trinajstić information content (AvgIpc) is 2.45. The van der Waals surface area contributed by atoms with Crippen molar-refractivity contribution in [3.05, 3.63) is 29.7 Å². The summed E-state index contributed by atoms with van der Waals surface area (Å²) in [5.74, 6) is -0.240. The van der Waals surface area contributed by atoms with Crippen molar-refractivity contribution in [2.75, 3.05) is 0 Å². The van der Waals surface area contributed by atoms with E-state index in [2.05, 4.69) is 16.4 Å². The lowest BCUT2D eigenvalue weighted by atomic mass is 10.2. The van der Waals surface area contributed by atoms with Crippen molar-refractivity contribution in [1.82, 2.24) is 10.2 Å². The average molecular weight is 149 g/mol. The van der Waals surface area contributed by atoms with Crippen LogP contribution in [0.15, 0.2) is 12.1 Å². The van der Waals surface area contributed by atoms with Crippen LogP contribution in [-0.2, 0) is 0 Å². The van der Waals surface area contributed by atoms with Gasteiger partial charge in [0.25, 0.3) is 0 Å². The molecule has 0 aliphatic rings. The Hall–Kier alpha value is -1.38. The van der Waals surface area contributed by atoms with Crippen LogP contribution in [0.2, 0.25) is 0 Å². The predicted molar refractivity (Wildman–Crippen MR) is 39.6 cm³/mol. The van der Waals surface area contributed by atoms with E-state index in [-0.39, 0.29) is 5.82 Å². The number of benzene rings is 1. The Labute approximate surface area is 63.0 Å². The highest BCUT2D eigenvalue weighted by molar-refractivity contribution is 5.78. The van der Waals surface area contributed by atoms with Gasteiger partial charge in [-0.2, -0.15) is 5.10 Å². The monoisotopic (exact) mass is 149 g/mol. The summed E-state index contributed by atoms with van der Waals surface area (Å²) in [6, 6.07) is 3.50. The standard InChI is InChI=1S/C8H6FN2/c1-5-2-3-6-4-10-11-8(6)7(5)9/h2-3H,1H3,(H,10,11). The van der Waals surface area contributed by atoms with Gasteiger partial charge in [0.15, 0.2) is 5.82 Å². The zero-order valence-electron chi connectivity index (χ0n) is 5.98.